The van der Waals surface area contributed by atoms with Gasteiger partial charge in [0.15, 0.2) is 0 Å². The molecule has 1 saturated heterocycles. The van der Waals surface area contributed by atoms with E-state index in [2.05, 4.69) is 11.0 Å². The Balaban J connectivity index is 2.05. The second-order valence-electron chi connectivity index (χ2n) is 3.11. The van der Waals surface area contributed by atoms with Crippen LogP contribution in [-0.2, 0) is 0 Å². The summed E-state index contributed by atoms with van der Waals surface area (Å²) in [5.74, 6) is 0. The molecular formula is C8H15N3. The minimum Gasteiger partial charge on any atom is -0.326 e. The number of hydrogen-bond acceptors (Lipinski definition) is 3. The largest absolute Gasteiger partial charge is 0.326 e. The molecule has 1 aliphatic rings. The van der Waals surface area contributed by atoms with E-state index in [4.69, 9.17) is 11.0 Å². The molecule has 0 amide bonds. The van der Waals surface area contributed by atoms with Gasteiger partial charge in [0.2, 0.25) is 0 Å². The number of rotatable bonds is 3. The van der Waals surface area contributed by atoms with Crippen LogP contribution in [0.25, 0.3) is 0 Å². The lowest BCUT2D eigenvalue weighted by Crippen LogP contribution is -2.27. The van der Waals surface area contributed by atoms with Gasteiger partial charge in [0.1, 0.15) is 0 Å². The first-order valence-corrected chi connectivity index (χ1v) is 4.18. The van der Waals surface area contributed by atoms with E-state index >= 15 is 0 Å². The third-order valence-corrected chi connectivity index (χ3v) is 2.07. The summed E-state index contributed by atoms with van der Waals surface area (Å²) in [5.41, 5.74) is 5.72. The first-order chi connectivity index (χ1) is 5.33. The molecule has 1 fully saturated rings. The predicted molar refractivity (Wildman–Crippen MR) is 43.9 cm³/mol. The SMILES string of the molecule is N#CCCCN1CCC(N)C1. The van der Waals surface area contributed by atoms with Crippen molar-refractivity contribution < 1.29 is 0 Å². The van der Waals surface area contributed by atoms with Crippen molar-refractivity contribution in [3.05, 3.63) is 0 Å². The van der Waals surface area contributed by atoms with E-state index in [1.54, 1.807) is 0 Å². The zero-order valence-corrected chi connectivity index (χ0v) is 6.79. The van der Waals surface area contributed by atoms with E-state index in [9.17, 15) is 0 Å². The van der Waals surface area contributed by atoms with Gasteiger partial charge in [-0.1, -0.05) is 0 Å². The highest BCUT2D eigenvalue weighted by atomic mass is 15.2. The van der Waals surface area contributed by atoms with Gasteiger partial charge in [-0.2, -0.15) is 5.26 Å². The van der Waals surface area contributed by atoms with Gasteiger partial charge in [0.05, 0.1) is 6.07 Å². The van der Waals surface area contributed by atoms with Crippen LogP contribution in [-0.4, -0.2) is 30.6 Å². The quantitative estimate of drug-likeness (QED) is 0.594. The number of nitrogens with two attached hydrogens (primary N) is 1. The fraction of sp³-hybridized carbons (Fsp3) is 0.875. The highest BCUT2D eigenvalue weighted by molar-refractivity contribution is 4.78. The zero-order chi connectivity index (χ0) is 8.10. The van der Waals surface area contributed by atoms with Crippen LogP contribution in [0.2, 0.25) is 0 Å². The van der Waals surface area contributed by atoms with Crippen molar-refractivity contribution in [3.63, 3.8) is 0 Å². The maximum atomic E-state index is 8.30. The Morgan fingerprint density at radius 2 is 2.45 bits per heavy atom. The molecule has 0 aromatic rings. The Kier molecular flexibility index (Phi) is 3.34. The standard InChI is InChI=1S/C8H15N3/c9-4-1-2-5-11-6-3-8(10)7-11/h8H,1-3,5-7,10H2. The van der Waals surface area contributed by atoms with Gasteiger partial charge in [0.25, 0.3) is 0 Å². The van der Waals surface area contributed by atoms with E-state index in [1.807, 2.05) is 0 Å². The Morgan fingerprint density at radius 1 is 1.64 bits per heavy atom. The molecule has 0 radical (unpaired) electrons. The second kappa shape index (κ2) is 4.32. The normalized spacial score (nSPS) is 25.3. The second-order valence-corrected chi connectivity index (χ2v) is 3.11. The van der Waals surface area contributed by atoms with Crippen molar-refractivity contribution in [2.24, 2.45) is 5.73 Å². The predicted octanol–water partition coefficient (Wildman–Crippen LogP) is 0.323. The van der Waals surface area contributed by atoms with Crippen molar-refractivity contribution in [2.45, 2.75) is 25.3 Å². The lowest BCUT2D eigenvalue weighted by molar-refractivity contribution is 0.331. The Hall–Kier alpha value is -0.590. The Labute approximate surface area is 67.8 Å². The molecule has 1 heterocycles. The van der Waals surface area contributed by atoms with Crippen molar-refractivity contribution in [1.82, 2.24) is 4.90 Å². The third-order valence-electron chi connectivity index (χ3n) is 2.07. The number of likely N-dealkylation sites (tertiary alicyclic amines) is 1. The highest BCUT2D eigenvalue weighted by Crippen LogP contribution is 2.07. The molecule has 1 rings (SSSR count). The molecule has 3 nitrogen and oxygen atoms in total. The van der Waals surface area contributed by atoms with Crippen LogP contribution < -0.4 is 5.73 Å². The van der Waals surface area contributed by atoms with Crippen LogP contribution in [0.3, 0.4) is 0 Å². The smallest absolute Gasteiger partial charge is 0.0622 e. The summed E-state index contributed by atoms with van der Waals surface area (Å²) in [6.07, 6.45) is 2.78. The van der Waals surface area contributed by atoms with Gasteiger partial charge in [-0.25, -0.2) is 0 Å². The summed E-state index contributed by atoms with van der Waals surface area (Å²) in [6, 6.07) is 2.52. The molecule has 1 unspecified atom stereocenters. The summed E-state index contributed by atoms with van der Waals surface area (Å²) in [6.45, 7) is 3.18. The van der Waals surface area contributed by atoms with E-state index < -0.39 is 0 Å². The molecule has 62 valence electrons. The molecular weight excluding hydrogens is 138 g/mol. The minimum absolute atomic E-state index is 0.372. The van der Waals surface area contributed by atoms with Gasteiger partial charge >= 0.3 is 0 Å². The molecule has 0 bridgehead atoms. The summed E-state index contributed by atoms with van der Waals surface area (Å²) in [7, 11) is 0. The number of nitrogens with zero attached hydrogens (tertiary/aromatic N) is 2. The minimum atomic E-state index is 0.372. The average molecular weight is 153 g/mol. The van der Waals surface area contributed by atoms with Crippen molar-refractivity contribution in [3.8, 4) is 6.07 Å². The van der Waals surface area contributed by atoms with Gasteiger partial charge in [0, 0.05) is 19.0 Å². The maximum Gasteiger partial charge on any atom is 0.0622 e. The summed E-state index contributed by atoms with van der Waals surface area (Å²) in [5, 5.41) is 8.30. The van der Waals surface area contributed by atoms with Crippen molar-refractivity contribution >= 4 is 0 Å². The van der Waals surface area contributed by atoms with Crippen LogP contribution in [0.4, 0.5) is 0 Å². The summed E-state index contributed by atoms with van der Waals surface area (Å²) in [4.78, 5) is 2.34. The van der Waals surface area contributed by atoms with Gasteiger partial charge in [-0.05, 0) is 25.9 Å². The van der Waals surface area contributed by atoms with Crippen LogP contribution in [0.5, 0.6) is 0 Å². The molecule has 0 aromatic heterocycles. The van der Waals surface area contributed by atoms with Gasteiger partial charge in [-0.3, -0.25) is 0 Å². The van der Waals surface area contributed by atoms with E-state index in [1.165, 1.54) is 0 Å². The Bertz CT molecular complexity index is 150. The lowest BCUT2D eigenvalue weighted by atomic mass is 10.3. The number of unbranched alkanes of at least 4 members (excludes halogenated alkanes) is 1. The first kappa shape index (κ1) is 8.51. The third kappa shape index (κ3) is 2.87. The van der Waals surface area contributed by atoms with Crippen molar-refractivity contribution in [2.75, 3.05) is 19.6 Å². The van der Waals surface area contributed by atoms with Crippen LogP contribution in [0.1, 0.15) is 19.3 Å². The molecule has 2 N–H and O–H groups in total. The molecule has 0 spiro atoms. The first-order valence-electron chi connectivity index (χ1n) is 4.18. The van der Waals surface area contributed by atoms with Crippen molar-refractivity contribution in [1.29, 1.82) is 5.26 Å². The molecule has 0 aromatic carbocycles. The molecule has 11 heavy (non-hydrogen) atoms. The van der Waals surface area contributed by atoms with Crippen LogP contribution >= 0.6 is 0 Å². The van der Waals surface area contributed by atoms with E-state index in [-0.39, 0.29) is 0 Å². The monoisotopic (exact) mass is 153 g/mol. The van der Waals surface area contributed by atoms with Crippen LogP contribution in [0.15, 0.2) is 0 Å². The van der Waals surface area contributed by atoms with E-state index in [0.717, 1.165) is 32.5 Å². The summed E-state index contributed by atoms with van der Waals surface area (Å²) >= 11 is 0. The molecule has 1 atom stereocenters. The molecule has 0 aliphatic carbocycles. The molecule has 3 heteroatoms. The fourth-order valence-corrected chi connectivity index (χ4v) is 1.45. The summed E-state index contributed by atoms with van der Waals surface area (Å²) < 4.78 is 0. The van der Waals surface area contributed by atoms with Crippen LogP contribution in [0, 0.1) is 11.3 Å². The van der Waals surface area contributed by atoms with Gasteiger partial charge < -0.3 is 10.6 Å². The lowest BCUT2D eigenvalue weighted by Gasteiger charge is -2.12. The highest BCUT2D eigenvalue weighted by Gasteiger charge is 2.17. The number of hydrogen-bond donors (Lipinski definition) is 1. The molecule has 0 saturated carbocycles. The fourth-order valence-electron chi connectivity index (χ4n) is 1.45. The Morgan fingerprint density at radius 3 is 3.00 bits per heavy atom. The maximum absolute atomic E-state index is 8.30. The number of nitriles is 1. The average Bonchev–Trinajstić information content (AvgIpc) is 2.37. The zero-order valence-electron chi connectivity index (χ0n) is 6.79. The molecule has 1 aliphatic heterocycles. The van der Waals surface area contributed by atoms with Gasteiger partial charge in [-0.15, -0.1) is 0 Å². The topological polar surface area (TPSA) is 53.0 Å². The van der Waals surface area contributed by atoms with E-state index in [0.29, 0.717) is 12.5 Å².